The minimum Gasteiger partial charge on any atom is -0.478 e. The van der Waals surface area contributed by atoms with Crippen LogP contribution in [0.1, 0.15) is 46.0 Å². The van der Waals surface area contributed by atoms with Crippen molar-refractivity contribution in [3.8, 4) is 0 Å². The van der Waals surface area contributed by atoms with Crippen molar-refractivity contribution >= 4 is 11.9 Å². The van der Waals surface area contributed by atoms with Gasteiger partial charge in [0.1, 0.15) is 0 Å². The molecule has 22 heavy (non-hydrogen) atoms. The molecule has 0 aromatic heterocycles. The molecule has 0 radical (unpaired) electrons. The van der Waals surface area contributed by atoms with Crippen molar-refractivity contribution < 1.29 is 14.7 Å². The number of hydrogen-bond acceptors (Lipinski definition) is 3. The number of aliphatic carboxylic acids is 1. The lowest BCUT2D eigenvalue weighted by molar-refractivity contribution is -0.148. The first-order valence-corrected chi connectivity index (χ1v) is 8.07. The highest BCUT2D eigenvalue weighted by Crippen LogP contribution is 2.40. The molecule has 0 aromatic carbocycles. The van der Waals surface area contributed by atoms with Crippen LogP contribution < -0.4 is 10.6 Å². The number of carboxylic acid groups (broad SMARTS) is 1. The quantitative estimate of drug-likeness (QED) is 0.347. The molecule has 3 atom stereocenters. The van der Waals surface area contributed by atoms with E-state index >= 15 is 0 Å². The molecule has 2 rings (SSSR count). The summed E-state index contributed by atoms with van der Waals surface area (Å²) in [7, 11) is 0. The first-order chi connectivity index (χ1) is 10.4. The number of carbonyl (C=O) groups is 2. The predicted molar refractivity (Wildman–Crippen MR) is 85.1 cm³/mol. The molecule has 1 amide bonds. The van der Waals surface area contributed by atoms with Crippen LogP contribution in [0, 0.1) is 11.8 Å². The monoisotopic (exact) mass is 306 g/mol. The van der Waals surface area contributed by atoms with E-state index in [1.165, 1.54) is 20.3 Å². The summed E-state index contributed by atoms with van der Waals surface area (Å²) in [6, 6.07) is 0. The second-order valence-corrected chi connectivity index (χ2v) is 6.48. The van der Waals surface area contributed by atoms with Crippen molar-refractivity contribution in [3.63, 3.8) is 0 Å². The number of rotatable bonds is 9. The summed E-state index contributed by atoms with van der Waals surface area (Å²) < 4.78 is 0. The summed E-state index contributed by atoms with van der Waals surface area (Å²) in [6.45, 7) is 3.37. The Labute approximate surface area is 131 Å². The van der Waals surface area contributed by atoms with Gasteiger partial charge >= 0.3 is 5.97 Å². The van der Waals surface area contributed by atoms with Crippen LogP contribution in [0.2, 0.25) is 0 Å². The lowest BCUT2D eigenvalue weighted by Crippen LogP contribution is -2.61. The third-order valence-corrected chi connectivity index (χ3v) is 4.50. The normalized spacial score (nSPS) is 24.9. The summed E-state index contributed by atoms with van der Waals surface area (Å²) in [5, 5.41) is 14.6. The highest BCUT2D eigenvalue weighted by atomic mass is 16.4. The van der Waals surface area contributed by atoms with Crippen molar-refractivity contribution in [2.24, 2.45) is 11.8 Å². The van der Waals surface area contributed by atoms with Gasteiger partial charge in [-0.1, -0.05) is 30.2 Å². The molecular weight excluding hydrogens is 280 g/mol. The maximum atomic E-state index is 11.2. The van der Waals surface area contributed by atoms with E-state index < -0.39 is 11.6 Å². The SMILES string of the molecule is CC(=O)N[C@@](C)(NCCCCCC1=CC2C=CC1C2)C(=O)O. The van der Waals surface area contributed by atoms with Gasteiger partial charge in [-0.05, 0) is 51.0 Å². The largest absolute Gasteiger partial charge is 0.478 e. The summed E-state index contributed by atoms with van der Waals surface area (Å²) in [4.78, 5) is 22.3. The van der Waals surface area contributed by atoms with Crippen LogP contribution in [0.5, 0.6) is 0 Å². The molecule has 0 aliphatic heterocycles. The first-order valence-electron chi connectivity index (χ1n) is 8.07. The van der Waals surface area contributed by atoms with Crippen LogP contribution in [0.25, 0.3) is 0 Å². The zero-order chi connectivity index (χ0) is 16.2. The van der Waals surface area contributed by atoms with Crippen molar-refractivity contribution in [2.45, 2.75) is 51.6 Å². The van der Waals surface area contributed by atoms with Crippen LogP contribution in [0.15, 0.2) is 23.8 Å². The van der Waals surface area contributed by atoms with E-state index in [-0.39, 0.29) is 5.91 Å². The molecule has 5 nitrogen and oxygen atoms in total. The third-order valence-electron chi connectivity index (χ3n) is 4.50. The van der Waals surface area contributed by atoms with Crippen molar-refractivity contribution in [1.82, 2.24) is 10.6 Å². The van der Waals surface area contributed by atoms with Crippen molar-refractivity contribution in [3.05, 3.63) is 23.8 Å². The van der Waals surface area contributed by atoms with Gasteiger partial charge in [-0.15, -0.1) is 0 Å². The summed E-state index contributed by atoms with van der Waals surface area (Å²) in [6.07, 6.45) is 12.5. The molecule has 0 saturated carbocycles. The number of hydrogen-bond donors (Lipinski definition) is 3. The molecule has 122 valence electrons. The Bertz CT molecular complexity index is 498. The maximum Gasteiger partial charge on any atom is 0.344 e. The van der Waals surface area contributed by atoms with Crippen molar-refractivity contribution in [2.75, 3.05) is 6.54 Å². The van der Waals surface area contributed by atoms with Gasteiger partial charge in [-0.3, -0.25) is 10.1 Å². The van der Waals surface area contributed by atoms with Gasteiger partial charge < -0.3 is 10.4 Å². The van der Waals surface area contributed by atoms with Gasteiger partial charge in [0.15, 0.2) is 5.66 Å². The predicted octanol–water partition coefficient (Wildman–Crippen LogP) is 2.21. The molecule has 0 fully saturated rings. The first kappa shape index (κ1) is 16.7. The second-order valence-electron chi connectivity index (χ2n) is 6.48. The molecule has 2 bridgehead atoms. The van der Waals surface area contributed by atoms with Crippen LogP contribution in [-0.4, -0.2) is 29.2 Å². The molecule has 0 spiro atoms. The Morgan fingerprint density at radius 1 is 1.32 bits per heavy atom. The van der Waals surface area contributed by atoms with Crippen LogP contribution in [-0.2, 0) is 9.59 Å². The lowest BCUT2D eigenvalue weighted by Gasteiger charge is -2.27. The van der Waals surface area contributed by atoms with Gasteiger partial charge in [0.05, 0.1) is 0 Å². The molecule has 5 heteroatoms. The summed E-state index contributed by atoms with van der Waals surface area (Å²) in [5.41, 5.74) is 0.193. The van der Waals surface area contributed by atoms with Crippen molar-refractivity contribution in [1.29, 1.82) is 0 Å². The fourth-order valence-corrected chi connectivity index (χ4v) is 3.29. The van der Waals surface area contributed by atoms with Crippen LogP contribution in [0.3, 0.4) is 0 Å². The Kier molecular flexibility index (Phi) is 5.40. The van der Waals surface area contributed by atoms with Crippen LogP contribution in [0.4, 0.5) is 0 Å². The van der Waals surface area contributed by atoms with Gasteiger partial charge in [0.25, 0.3) is 0 Å². The van der Waals surface area contributed by atoms with Crippen LogP contribution >= 0.6 is 0 Å². The van der Waals surface area contributed by atoms with E-state index in [2.05, 4.69) is 28.9 Å². The smallest absolute Gasteiger partial charge is 0.344 e. The number of carbonyl (C=O) groups excluding carboxylic acids is 1. The number of carboxylic acids is 1. The molecule has 2 aliphatic carbocycles. The van der Waals surface area contributed by atoms with Gasteiger partial charge in [-0.2, -0.15) is 0 Å². The fraction of sp³-hybridized carbons (Fsp3) is 0.647. The molecule has 0 saturated heterocycles. The van der Waals surface area contributed by atoms with E-state index in [1.54, 1.807) is 5.57 Å². The van der Waals surface area contributed by atoms with E-state index in [9.17, 15) is 14.7 Å². The molecule has 2 aliphatic rings. The molecular formula is C17H26N2O3. The second kappa shape index (κ2) is 7.09. The molecule has 2 unspecified atom stereocenters. The minimum atomic E-state index is -1.39. The standard InChI is InChI=1S/C17H26N2O3/c1-12(20)19-17(2,16(21)22)18-9-5-3-4-6-14-10-13-7-8-15(14)11-13/h7-8,10,13,15,18H,3-6,9,11H2,1-2H3,(H,19,20)(H,21,22)/t13?,15?,17-/m1/s1. The average Bonchev–Trinajstić information content (AvgIpc) is 3.04. The van der Waals surface area contributed by atoms with Gasteiger partial charge in [0.2, 0.25) is 5.91 Å². The van der Waals surface area contributed by atoms with E-state index in [1.807, 2.05) is 0 Å². The minimum absolute atomic E-state index is 0.353. The van der Waals surface area contributed by atoms with Gasteiger partial charge in [0, 0.05) is 6.92 Å². The Morgan fingerprint density at radius 2 is 2.09 bits per heavy atom. The Balaban J connectivity index is 1.61. The number of nitrogens with one attached hydrogen (secondary N) is 2. The summed E-state index contributed by atoms with van der Waals surface area (Å²) in [5.74, 6) is -0.0657. The number of amides is 1. The number of unbranched alkanes of at least 4 members (excludes halogenated alkanes) is 2. The Hall–Kier alpha value is -1.62. The topological polar surface area (TPSA) is 78.4 Å². The van der Waals surface area contributed by atoms with E-state index in [0.717, 1.165) is 25.7 Å². The lowest BCUT2D eigenvalue weighted by atomic mass is 9.97. The highest BCUT2D eigenvalue weighted by molar-refractivity contribution is 5.85. The van der Waals surface area contributed by atoms with E-state index in [0.29, 0.717) is 18.4 Å². The molecule has 3 N–H and O–H groups in total. The Morgan fingerprint density at radius 3 is 2.64 bits per heavy atom. The molecule has 0 aromatic rings. The summed E-state index contributed by atoms with van der Waals surface area (Å²) >= 11 is 0. The fourth-order valence-electron chi connectivity index (χ4n) is 3.29. The zero-order valence-corrected chi connectivity index (χ0v) is 13.4. The number of allylic oxidation sites excluding steroid dienone is 4. The average molecular weight is 306 g/mol. The number of fused-ring (bicyclic) bond motifs is 2. The van der Waals surface area contributed by atoms with E-state index in [4.69, 9.17) is 0 Å². The highest BCUT2D eigenvalue weighted by Gasteiger charge is 2.33. The third kappa shape index (κ3) is 4.19. The molecule has 0 heterocycles. The maximum absolute atomic E-state index is 11.2. The van der Waals surface area contributed by atoms with Gasteiger partial charge in [-0.25, -0.2) is 4.79 Å². The zero-order valence-electron chi connectivity index (χ0n) is 13.4.